The molecule has 0 unspecified atom stereocenters. The molecule has 0 aliphatic carbocycles. The molecule has 0 fully saturated rings. The van der Waals surface area contributed by atoms with E-state index >= 15 is 0 Å². The number of aromatic nitrogens is 2. The van der Waals surface area contributed by atoms with E-state index in [9.17, 15) is 8.78 Å². The summed E-state index contributed by atoms with van der Waals surface area (Å²) in [5, 5.41) is 8.45. The minimum absolute atomic E-state index is 0.274. The van der Waals surface area contributed by atoms with Gasteiger partial charge in [-0.2, -0.15) is 8.78 Å². The molecule has 0 bridgehead atoms. The lowest BCUT2D eigenvalue weighted by atomic mass is 10.2. The van der Waals surface area contributed by atoms with Crippen LogP contribution in [0.1, 0.15) is 19.2 Å². The van der Waals surface area contributed by atoms with Crippen molar-refractivity contribution in [3.05, 3.63) is 18.2 Å². The number of hydrogen-bond donors (Lipinski definition) is 1. The van der Waals surface area contributed by atoms with Crippen LogP contribution >= 0.6 is 0 Å². The fraction of sp³-hybridized carbons (Fsp3) is 0.625. The average molecular weight is 190 g/mol. The molecule has 1 aromatic heterocycles. The van der Waals surface area contributed by atoms with Gasteiger partial charge in [-0.15, -0.1) is 0 Å². The Bertz CT molecular complexity index is 273. The number of aryl methyl sites for hydroxylation is 1. The largest absolute Gasteiger partial charge is 0.396 e. The molecule has 0 saturated heterocycles. The van der Waals surface area contributed by atoms with E-state index < -0.39 is 19.0 Å². The molecule has 0 atom stereocenters. The molecule has 13 heavy (non-hydrogen) atoms. The van der Waals surface area contributed by atoms with Gasteiger partial charge in [-0.3, -0.25) is 0 Å². The van der Waals surface area contributed by atoms with E-state index in [2.05, 4.69) is 4.98 Å². The monoisotopic (exact) mass is 190 g/mol. The number of halogens is 2. The summed E-state index contributed by atoms with van der Waals surface area (Å²) in [7, 11) is 0. The molecular weight excluding hydrogens is 178 g/mol. The molecule has 1 heterocycles. The third-order valence-corrected chi connectivity index (χ3v) is 1.81. The van der Waals surface area contributed by atoms with Crippen LogP contribution in [0, 0.1) is 0 Å². The Kier molecular flexibility index (Phi) is 2.98. The van der Waals surface area contributed by atoms with E-state index in [0.29, 0.717) is 6.54 Å². The van der Waals surface area contributed by atoms with E-state index in [1.54, 1.807) is 6.92 Å². The normalized spacial score (nSPS) is 12.0. The van der Waals surface area contributed by atoms with Crippen molar-refractivity contribution in [1.82, 2.24) is 9.55 Å². The van der Waals surface area contributed by atoms with Crippen molar-refractivity contribution in [3.63, 3.8) is 0 Å². The SMILES string of the molecule is CCn1ccnc1C(F)(F)CCO. The first kappa shape index (κ1) is 10.1. The first-order chi connectivity index (χ1) is 6.11. The Hall–Kier alpha value is -0.970. The molecule has 1 rings (SSSR count). The molecule has 0 amide bonds. The number of nitrogens with zero attached hydrogens (tertiary/aromatic N) is 2. The van der Waals surface area contributed by atoms with Crippen LogP contribution < -0.4 is 0 Å². The van der Waals surface area contributed by atoms with Crippen LogP contribution in [0.3, 0.4) is 0 Å². The van der Waals surface area contributed by atoms with Crippen molar-refractivity contribution < 1.29 is 13.9 Å². The molecule has 1 N–H and O–H groups in total. The highest BCUT2D eigenvalue weighted by molar-refractivity contribution is 5.00. The molecular formula is C8H12F2N2O. The summed E-state index contributed by atoms with van der Waals surface area (Å²) in [6.45, 7) is 1.68. The van der Waals surface area contributed by atoms with Gasteiger partial charge in [0.1, 0.15) is 0 Å². The van der Waals surface area contributed by atoms with Crippen LogP contribution in [0.25, 0.3) is 0 Å². The Balaban J connectivity index is 2.91. The van der Waals surface area contributed by atoms with Gasteiger partial charge in [0.2, 0.25) is 0 Å². The third-order valence-electron chi connectivity index (χ3n) is 1.81. The summed E-state index contributed by atoms with van der Waals surface area (Å²) < 4.78 is 27.8. The van der Waals surface area contributed by atoms with E-state index in [-0.39, 0.29) is 5.82 Å². The van der Waals surface area contributed by atoms with Gasteiger partial charge in [-0.05, 0) is 6.92 Å². The zero-order chi connectivity index (χ0) is 9.90. The molecule has 0 aliphatic rings. The summed E-state index contributed by atoms with van der Waals surface area (Å²) in [6, 6.07) is 0. The Morgan fingerprint density at radius 1 is 1.62 bits per heavy atom. The van der Waals surface area contributed by atoms with Crippen molar-refractivity contribution in [3.8, 4) is 0 Å². The van der Waals surface area contributed by atoms with Crippen molar-refractivity contribution >= 4 is 0 Å². The second-order valence-corrected chi connectivity index (χ2v) is 2.71. The molecule has 5 heteroatoms. The topological polar surface area (TPSA) is 38.0 Å². The van der Waals surface area contributed by atoms with Crippen LogP contribution in [-0.4, -0.2) is 21.3 Å². The van der Waals surface area contributed by atoms with Crippen LogP contribution in [-0.2, 0) is 12.5 Å². The quantitative estimate of drug-likeness (QED) is 0.778. The maximum Gasteiger partial charge on any atom is 0.307 e. The molecule has 74 valence electrons. The lowest BCUT2D eigenvalue weighted by molar-refractivity contribution is -0.0382. The van der Waals surface area contributed by atoms with Crippen LogP contribution in [0.5, 0.6) is 0 Å². The predicted molar refractivity (Wildman–Crippen MR) is 43.5 cm³/mol. The van der Waals surface area contributed by atoms with Gasteiger partial charge in [0, 0.05) is 32.0 Å². The first-order valence-electron chi connectivity index (χ1n) is 4.12. The number of rotatable bonds is 4. The molecule has 0 saturated carbocycles. The van der Waals surface area contributed by atoms with Gasteiger partial charge in [-0.1, -0.05) is 0 Å². The van der Waals surface area contributed by atoms with Gasteiger partial charge in [0.15, 0.2) is 5.82 Å². The lowest BCUT2D eigenvalue weighted by Crippen LogP contribution is -2.21. The van der Waals surface area contributed by atoms with E-state index in [0.717, 1.165) is 0 Å². The van der Waals surface area contributed by atoms with Crippen LogP contribution in [0.15, 0.2) is 12.4 Å². The van der Waals surface area contributed by atoms with E-state index in [4.69, 9.17) is 5.11 Å². The van der Waals surface area contributed by atoms with E-state index in [1.807, 2.05) is 0 Å². The summed E-state index contributed by atoms with van der Waals surface area (Å²) in [4.78, 5) is 3.58. The molecule has 1 aromatic rings. The van der Waals surface area contributed by atoms with E-state index in [1.165, 1.54) is 17.0 Å². The highest BCUT2D eigenvalue weighted by Crippen LogP contribution is 2.29. The zero-order valence-corrected chi connectivity index (χ0v) is 7.37. The molecule has 3 nitrogen and oxygen atoms in total. The van der Waals surface area contributed by atoms with Crippen molar-refractivity contribution in [1.29, 1.82) is 0 Å². The number of alkyl halides is 2. The molecule has 0 radical (unpaired) electrons. The number of hydrogen-bond acceptors (Lipinski definition) is 2. The van der Waals surface area contributed by atoms with Gasteiger partial charge in [0.05, 0.1) is 0 Å². The summed E-state index contributed by atoms with van der Waals surface area (Å²) in [5.74, 6) is -3.31. The first-order valence-corrected chi connectivity index (χ1v) is 4.12. The third kappa shape index (κ3) is 2.03. The average Bonchev–Trinajstić information content (AvgIpc) is 2.51. The summed E-state index contributed by atoms with van der Waals surface area (Å²) in [5.41, 5.74) is 0. The van der Waals surface area contributed by atoms with Crippen molar-refractivity contribution in [2.45, 2.75) is 25.8 Å². The van der Waals surface area contributed by atoms with Crippen molar-refractivity contribution in [2.24, 2.45) is 0 Å². The van der Waals surface area contributed by atoms with Crippen LogP contribution in [0.2, 0.25) is 0 Å². The maximum absolute atomic E-state index is 13.2. The van der Waals surface area contributed by atoms with Gasteiger partial charge in [0.25, 0.3) is 0 Å². The zero-order valence-electron chi connectivity index (χ0n) is 7.37. The van der Waals surface area contributed by atoms with Gasteiger partial charge in [-0.25, -0.2) is 4.98 Å². The van der Waals surface area contributed by atoms with Crippen molar-refractivity contribution in [2.75, 3.05) is 6.61 Å². The maximum atomic E-state index is 13.2. The predicted octanol–water partition coefficient (Wildman–Crippen LogP) is 1.38. The highest BCUT2D eigenvalue weighted by Gasteiger charge is 2.35. The standard InChI is InChI=1S/C8H12F2N2O/c1-2-12-5-4-11-7(12)8(9,10)3-6-13/h4-5,13H,2-3,6H2,1H3. The molecule has 0 spiro atoms. The smallest absolute Gasteiger partial charge is 0.307 e. The Labute approximate surface area is 75.0 Å². The second-order valence-electron chi connectivity index (χ2n) is 2.71. The number of imidazole rings is 1. The number of aliphatic hydroxyl groups excluding tert-OH is 1. The summed E-state index contributed by atoms with van der Waals surface area (Å²) >= 11 is 0. The fourth-order valence-electron chi connectivity index (χ4n) is 1.14. The Morgan fingerprint density at radius 3 is 2.85 bits per heavy atom. The molecule has 0 aliphatic heterocycles. The Morgan fingerprint density at radius 2 is 2.31 bits per heavy atom. The van der Waals surface area contributed by atoms with Gasteiger partial charge < -0.3 is 9.67 Å². The molecule has 0 aromatic carbocycles. The summed E-state index contributed by atoms with van der Waals surface area (Å²) in [6.07, 6.45) is 2.26. The lowest BCUT2D eigenvalue weighted by Gasteiger charge is -2.15. The minimum atomic E-state index is -3.03. The van der Waals surface area contributed by atoms with Gasteiger partial charge >= 0.3 is 5.92 Å². The second kappa shape index (κ2) is 3.83. The minimum Gasteiger partial charge on any atom is -0.396 e. The fourth-order valence-corrected chi connectivity index (χ4v) is 1.14. The van der Waals surface area contributed by atoms with Crippen LogP contribution in [0.4, 0.5) is 8.78 Å². The number of aliphatic hydroxyl groups is 1. The highest BCUT2D eigenvalue weighted by atomic mass is 19.3.